The lowest BCUT2D eigenvalue weighted by molar-refractivity contribution is -0.137. The van der Waals surface area contributed by atoms with Gasteiger partial charge in [0.05, 0.1) is 12.7 Å². The lowest BCUT2D eigenvalue weighted by Gasteiger charge is -2.21. The maximum Gasteiger partial charge on any atom is 0.303 e. The maximum atomic E-state index is 10.5. The van der Waals surface area contributed by atoms with Crippen molar-refractivity contribution in [2.24, 2.45) is 0 Å². The Morgan fingerprint density at radius 2 is 1.24 bits per heavy atom. The van der Waals surface area contributed by atoms with Gasteiger partial charge in [-0.1, -0.05) is 96.8 Å². The van der Waals surface area contributed by atoms with Crippen LogP contribution in [0.25, 0.3) is 0 Å². The topological polar surface area (TPSA) is 87.0 Å². The molecule has 0 heterocycles. The average Bonchev–Trinajstić information content (AvgIpc) is 2.70. The lowest BCUT2D eigenvalue weighted by atomic mass is 10.0. The molecule has 0 aromatic heterocycles. The van der Waals surface area contributed by atoms with Crippen molar-refractivity contribution in [3.8, 4) is 0 Å². The minimum atomic E-state index is -0.804. The van der Waals surface area contributed by atoms with Crippen LogP contribution >= 0.6 is 0 Å². The molecule has 2 atom stereocenters. The molecule has 0 saturated carbocycles. The molecule has 3 N–H and O–H groups in total. The van der Waals surface area contributed by atoms with Crippen molar-refractivity contribution in [2.75, 3.05) is 13.2 Å². The van der Waals surface area contributed by atoms with Crippen LogP contribution in [-0.4, -0.2) is 46.7 Å². The monoisotopic (exact) mass is 416 g/mol. The SMILES string of the molecule is CCCCCCCCCCCCCCCC[C@@H](O)[C@H](CO)OCCCCC(=O)O. The van der Waals surface area contributed by atoms with E-state index in [1.807, 2.05) is 0 Å². The van der Waals surface area contributed by atoms with Crippen LogP contribution in [0.3, 0.4) is 0 Å². The first-order chi connectivity index (χ1) is 14.1. The number of aliphatic hydroxyl groups excluding tert-OH is 2. The molecule has 0 bridgehead atoms. The number of aliphatic carboxylic acids is 1. The van der Waals surface area contributed by atoms with Gasteiger partial charge in [-0.25, -0.2) is 0 Å². The van der Waals surface area contributed by atoms with E-state index in [0.717, 1.165) is 12.8 Å². The number of ether oxygens (including phenoxy) is 1. The molecule has 0 unspecified atom stereocenters. The summed E-state index contributed by atoms with van der Waals surface area (Å²) < 4.78 is 5.51. The Bertz CT molecular complexity index is 348. The van der Waals surface area contributed by atoms with E-state index in [9.17, 15) is 15.0 Å². The average molecular weight is 417 g/mol. The van der Waals surface area contributed by atoms with E-state index in [-0.39, 0.29) is 13.0 Å². The standard InChI is InChI=1S/C24H48O5/c1-2-3-4-5-6-7-8-9-10-11-12-13-14-15-18-22(26)23(21-25)29-20-17-16-19-24(27)28/h22-23,25-26H,2-21H2,1H3,(H,27,28)/t22-,23+/m1/s1. The number of rotatable bonds is 23. The van der Waals surface area contributed by atoms with Crippen LogP contribution in [-0.2, 0) is 9.53 Å². The summed E-state index contributed by atoms with van der Waals surface area (Å²) in [6.45, 7) is 2.45. The Kier molecular flexibility index (Phi) is 21.6. The van der Waals surface area contributed by atoms with Gasteiger partial charge in [-0.05, 0) is 19.3 Å². The predicted octanol–water partition coefficient (Wildman–Crippen LogP) is 5.85. The molecule has 0 aromatic rings. The van der Waals surface area contributed by atoms with Crippen molar-refractivity contribution in [2.45, 2.75) is 135 Å². The first-order valence-corrected chi connectivity index (χ1v) is 12.2. The second kappa shape index (κ2) is 22.0. The van der Waals surface area contributed by atoms with Crippen molar-refractivity contribution in [3.05, 3.63) is 0 Å². The summed E-state index contributed by atoms with van der Waals surface area (Å²) >= 11 is 0. The minimum Gasteiger partial charge on any atom is -0.481 e. The highest BCUT2D eigenvalue weighted by molar-refractivity contribution is 5.66. The molecule has 0 fully saturated rings. The zero-order chi connectivity index (χ0) is 21.6. The zero-order valence-corrected chi connectivity index (χ0v) is 19.0. The molecule has 29 heavy (non-hydrogen) atoms. The molecule has 0 aliphatic heterocycles. The Morgan fingerprint density at radius 3 is 1.69 bits per heavy atom. The van der Waals surface area contributed by atoms with Gasteiger partial charge in [0.25, 0.3) is 0 Å². The molecule has 0 spiro atoms. The summed E-state index contributed by atoms with van der Waals surface area (Å²) in [4.78, 5) is 10.5. The first-order valence-electron chi connectivity index (χ1n) is 12.2. The summed E-state index contributed by atoms with van der Waals surface area (Å²) in [6, 6.07) is 0. The summed E-state index contributed by atoms with van der Waals surface area (Å²) in [7, 11) is 0. The molecule has 0 radical (unpaired) electrons. The predicted molar refractivity (Wildman–Crippen MR) is 119 cm³/mol. The van der Waals surface area contributed by atoms with Crippen molar-refractivity contribution in [3.63, 3.8) is 0 Å². The largest absolute Gasteiger partial charge is 0.481 e. The fourth-order valence-corrected chi connectivity index (χ4v) is 3.63. The van der Waals surface area contributed by atoms with Crippen LogP contribution in [0.5, 0.6) is 0 Å². The van der Waals surface area contributed by atoms with Crippen LogP contribution in [0.2, 0.25) is 0 Å². The lowest BCUT2D eigenvalue weighted by Crippen LogP contribution is -2.32. The molecule has 0 rings (SSSR count). The van der Waals surface area contributed by atoms with Crippen molar-refractivity contribution in [1.29, 1.82) is 0 Å². The van der Waals surface area contributed by atoms with Crippen molar-refractivity contribution >= 4 is 5.97 Å². The Labute approximate surface area is 179 Å². The van der Waals surface area contributed by atoms with Gasteiger partial charge in [0.2, 0.25) is 0 Å². The highest BCUT2D eigenvalue weighted by atomic mass is 16.5. The summed E-state index contributed by atoms with van der Waals surface area (Å²) in [5.74, 6) is -0.804. The Balaban J connectivity index is 3.42. The smallest absolute Gasteiger partial charge is 0.303 e. The van der Waals surface area contributed by atoms with Gasteiger partial charge in [0, 0.05) is 13.0 Å². The maximum absolute atomic E-state index is 10.5. The molecular weight excluding hydrogens is 368 g/mol. The van der Waals surface area contributed by atoms with E-state index < -0.39 is 18.2 Å². The van der Waals surface area contributed by atoms with Gasteiger partial charge in [0.15, 0.2) is 0 Å². The quantitative estimate of drug-likeness (QED) is 0.182. The van der Waals surface area contributed by atoms with Gasteiger partial charge >= 0.3 is 5.97 Å². The normalized spacial score (nSPS) is 13.5. The molecule has 0 amide bonds. The van der Waals surface area contributed by atoms with Crippen LogP contribution in [0.4, 0.5) is 0 Å². The van der Waals surface area contributed by atoms with Gasteiger partial charge in [-0.3, -0.25) is 4.79 Å². The van der Waals surface area contributed by atoms with E-state index in [1.54, 1.807) is 0 Å². The van der Waals surface area contributed by atoms with Crippen LogP contribution in [0.1, 0.15) is 122 Å². The number of hydrogen-bond donors (Lipinski definition) is 3. The number of unbranched alkanes of at least 4 members (excludes halogenated alkanes) is 14. The van der Waals surface area contributed by atoms with E-state index in [0.29, 0.717) is 25.9 Å². The molecular formula is C24H48O5. The molecule has 0 aliphatic rings. The highest BCUT2D eigenvalue weighted by Gasteiger charge is 2.18. The summed E-state index contributed by atoms with van der Waals surface area (Å²) in [5, 5.41) is 28.1. The molecule has 5 nitrogen and oxygen atoms in total. The first kappa shape index (κ1) is 28.4. The third-order valence-electron chi connectivity index (χ3n) is 5.58. The number of hydrogen-bond acceptors (Lipinski definition) is 4. The third kappa shape index (κ3) is 20.4. The van der Waals surface area contributed by atoms with Gasteiger partial charge in [-0.2, -0.15) is 0 Å². The number of carboxylic acids is 1. The highest BCUT2D eigenvalue weighted by Crippen LogP contribution is 2.15. The Hall–Kier alpha value is -0.650. The van der Waals surface area contributed by atoms with E-state index >= 15 is 0 Å². The summed E-state index contributed by atoms with van der Waals surface area (Å²) in [6.07, 6.45) is 19.1. The van der Waals surface area contributed by atoms with Crippen molar-refractivity contribution < 1.29 is 24.9 Å². The third-order valence-corrected chi connectivity index (χ3v) is 5.58. The molecule has 174 valence electrons. The fourth-order valence-electron chi connectivity index (χ4n) is 3.63. The minimum absolute atomic E-state index is 0.134. The number of carboxylic acid groups (broad SMARTS) is 1. The molecule has 0 aliphatic carbocycles. The number of carbonyl (C=O) groups is 1. The van der Waals surface area contributed by atoms with Gasteiger partial charge in [-0.15, -0.1) is 0 Å². The molecule has 5 heteroatoms. The second-order valence-electron chi connectivity index (χ2n) is 8.39. The van der Waals surface area contributed by atoms with Crippen molar-refractivity contribution in [1.82, 2.24) is 0 Å². The van der Waals surface area contributed by atoms with E-state index in [2.05, 4.69) is 6.92 Å². The van der Waals surface area contributed by atoms with Crippen LogP contribution in [0, 0.1) is 0 Å². The second-order valence-corrected chi connectivity index (χ2v) is 8.39. The fraction of sp³-hybridized carbons (Fsp3) is 0.958. The van der Waals surface area contributed by atoms with E-state index in [1.165, 1.54) is 77.0 Å². The van der Waals surface area contributed by atoms with Gasteiger partial charge in [0.1, 0.15) is 6.10 Å². The van der Waals surface area contributed by atoms with Crippen LogP contribution < -0.4 is 0 Å². The number of aliphatic hydroxyl groups is 2. The zero-order valence-electron chi connectivity index (χ0n) is 19.0. The van der Waals surface area contributed by atoms with E-state index in [4.69, 9.17) is 9.84 Å². The Morgan fingerprint density at radius 1 is 0.759 bits per heavy atom. The van der Waals surface area contributed by atoms with Gasteiger partial charge < -0.3 is 20.1 Å². The summed E-state index contributed by atoms with van der Waals surface area (Å²) in [5.41, 5.74) is 0. The van der Waals surface area contributed by atoms with Crippen LogP contribution in [0.15, 0.2) is 0 Å². The molecule has 0 aromatic carbocycles. The molecule has 0 saturated heterocycles.